The molecule has 1 saturated heterocycles. The number of hydrogen-bond donors (Lipinski definition) is 2. The summed E-state index contributed by atoms with van der Waals surface area (Å²) >= 11 is 0. The maximum atomic E-state index is 12.6. The van der Waals surface area contributed by atoms with E-state index in [0.29, 0.717) is 13.2 Å². The first-order valence-corrected chi connectivity index (χ1v) is 11.6. The summed E-state index contributed by atoms with van der Waals surface area (Å²) < 4.78 is 36.7. The van der Waals surface area contributed by atoms with Gasteiger partial charge in [-0.1, -0.05) is 32.1 Å². The van der Waals surface area contributed by atoms with E-state index in [1.54, 1.807) is 0 Å². The molecule has 2 aliphatic rings. The number of nitrogens with zero attached hydrogens (tertiary/aromatic N) is 1. The van der Waals surface area contributed by atoms with Crippen molar-refractivity contribution in [2.45, 2.75) is 55.9 Å². The van der Waals surface area contributed by atoms with Crippen LogP contribution in [0.25, 0.3) is 0 Å². The predicted octanol–water partition coefficient (Wildman–Crippen LogP) is 1.42. The number of H-pyrrole nitrogens is 1. The maximum absolute atomic E-state index is 12.6. The zero-order valence-electron chi connectivity index (χ0n) is 16.5. The third kappa shape index (κ3) is 6.03. The van der Waals surface area contributed by atoms with Crippen LogP contribution in [0.1, 0.15) is 55.4 Å². The number of carbonyl (C=O) groups is 2. The number of morpholine rings is 1. The van der Waals surface area contributed by atoms with Crippen LogP contribution in [-0.4, -0.2) is 68.5 Å². The van der Waals surface area contributed by atoms with E-state index in [1.807, 2.05) is 0 Å². The van der Waals surface area contributed by atoms with Gasteiger partial charge < -0.3 is 19.8 Å². The average molecular weight is 428 g/mol. The Morgan fingerprint density at radius 3 is 2.48 bits per heavy atom. The van der Waals surface area contributed by atoms with Gasteiger partial charge in [0.05, 0.1) is 13.2 Å². The zero-order chi connectivity index (χ0) is 20.7. The quantitative estimate of drug-likeness (QED) is 0.663. The molecule has 162 valence electrons. The molecule has 0 atom stereocenters. The molecule has 1 aromatic rings. The zero-order valence-corrected chi connectivity index (χ0v) is 17.3. The molecule has 1 amide bonds. The molecular formula is C19H29N3O6S. The Morgan fingerprint density at radius 1 is 1.14 bits per heavy atom. The van der Waals surface area contributed by atoms with E-state index >= 15 is 0 Å². The summed E-state index contributed by atoms with van der Waals surface area (Å²) in [5.74, 6) is -1.10. The lowest BCUT2D eigenvalue weighted by Crippen LogP contribution is -2.40. The number of hydrogen-bond acceptors (Lipinski definition) is 6. The summed E-state index contributed by atoms with van der Waals surface area (Å²) in [5.41, 5.74) is -0.00408. The molecule has 2 heterocycles. The van der Waals surface area contributed by atoms with E-state index in [1.165, 1.54) is 35.8 Å². The third-order valence-corrected chi connectivity index (χ3v) is 7.17. The van der Waals surface area contributed by atoms with Crippen molar-refractivity contribution >= 4 is 21.9 Å². The molecule has 1 saturated carbocycles. The van der Waals surface area contributed by atoms with E-state index in [0.717, 1.165) is 25.7 Å². The van der Waals surface area contributed by atoms with Crippen LogP contribution in [0.3, 0.4) is 0 Å². The SMILES string of the molecule is O=C(COC(=O)c1cc(S(=O)(=O)N2CCOCC2)c[nH]1)NC1CCCCCCC1. The summed E-state index contributed by atoms with van der Waals surface area (Å²) in [5, 5.41) is 2.93. The van der Waals surface area contributed by atoms with Gasteiger partial charge in [-0.25, -0.2) is 13.2 Å². The van der Waals surface area contributed by atoms with Gasteiger partial charge >= 0.3 is 5.97 Å². The second-order valence-corrected chi connectivity index (χ2v) is 9.39. The van der Waals surface area contributed by atoms with Gasteiger partial charge in [0.1, 0.15) is 10.6 Å². The maximum Gasteiger partial charge on any atom is 0.355 e. The normalized spacial score (nSPS) is 19.9. The topological polar surface area (TPSA) is 118 Å². The van der Waals surface area contributed by atoms with E-state index in [4.69, 9.17) is 9.47 Å². The van der Waals surface area contributed by atoms with Gasteiger partial charge in [-0.05, 0) is 18.9 Å². The number of sulfonamides is 1. The minimum Gasteiger partial charge on any atom is -0.451 e. The monoisotopic (exact) mass is 427 g/mol. The fraction of sp³-hybridized carbons (Fsp3) is 0.684. The average Bonchev–Trinajstić information content (AvgIpc) is 3.20. The molecule has 1 aromatic heterocycles. The molecule has 1 aliphatic heterocycles. The Bertz CT molecular complexity index is 793. The molecule has 0 spiro atoms. The first kappa shape index (κ1) is 21.8. The lowest BCUT2D eigenvalue weighted by molar-refractivity contribution is -0.125. The van der Waals surface area contributed by atoms with Crippen molar-refractivity contribution in [3.05, 3.63) is 18.0 Å². The van der Waals surface area contributed by atoms with Crippen molar-refractivity contribution in [2.75, 3.05) is 32.9 Å². The van der Waals surface area contributed by atoms with Crippen LogP contribution in [0.5, 0.6) is 0 Å². The minimum absolute atomic E-state index is 0.00408. The van der Waals surface area contributed by atoms with Crippen molar-refractivity contribution in [1.29, 1.82) is 0 Å². The highest BCUT2D eigenvalue weighted by Gasteiger charge is 2.28. The summed E-state index contributed by atoms with van der Waals surface area (Å²) in [6.45, 7) is 0.840. The summed E-state index contributed by atoms with van der Waals surface area (Å²) in [6.07, 6.45) is 8.95. The smallest absolute Gasteiger partial charge is 0.355 e. The van der Waals surface area contributed by atoms with Crippen LogP contribution in [0, 0.1) is 0 Å². The largest absolute Gasteiger partial charge is 0.451 e. The molecule has 1 aliphatic carbocycles. The Kier molecular flexibility index (Phi) is 7.68. The second-order valence-electron chi connectivity index (χ2n) is 7.45. The molecule has 10 heteroatoms. The number of aromatic nitrogens is 1. The molecule has 2 N–H and O–H groups in total. The van der Waals surface area contributed by atoms with Crippen LogP contribution in [0.2, 0.25) is 0 Å². The number of carbonyl (C=O) groups excluding carboxylic acids is 2. The molecule has 0 unspecified atom stereocenters. The van der Waals surface area contributed by atoms with Gasteiger partial charge in [-0.2, -0.15) is 4.31 Å². The number of ether oxygens (including phenoxy) is 2. The van der Waals surface area contributed by atoms with Crippen molar-refractivity contribution in [3.8, 4) is 0 Å². The Labute approximate surface area is 171 Å². The van der Waals surface area contributed by atoms with Crippen molar-refractivity contribution in [2.24, 2.45) is 0 Å². The molecule has 0 bridgehead atoms. The van der Waals surface area contributed by atoms with Gasteiger partial charge in [0.25, 0.3) is 5.91 Å². The number of amides is 1. The van der Waals surface area contributed by atoms with Crippen molar-refractivity contribution in [3.63, 3.8) is 0 Å². The number of rotatable bonds is 6. The molecular weight excluding hydrogens is 398 g/mol. The van der Waals surface area contributed by atoms with Gasteiger partial charge in [0.15, 0.2) is 6.61 Å². The van der Waals surface area contributed by atoms with E-state index in [2.05, 4.69) is 10.3 Å². The molecule has 9 nitrogen and oxygen atoms in total. The van der Waals surface area contributed by atoms with Crippen LogP contribution < -0.4 is 5.32 Å². The first-order chi connectivity index (χ1) is 14.0. The fourth-order valence-electron chi connectivity index (χ4n) is 3.66. The van der Waals surface area contributed by atoms with Gasteiger partial charge in [-0.3, -0.25) is 4.79 Å². The summed E-state index contributed by atoms with van der Waals surface area (Å²) in [6, 6.07) is 1.36. The van der Waals surface area contributed by atoms with Crippen LogP contribution >= 0.6 is 0 Å². The first-order valence-electron chi connectivity index (χ1n) is 10.2. The lowest BCUT2D eigenvalue weighted by Gasteiger charge is -2.25. The van der Waals surface area contributed by atoms with Crippen LogP contribution in [0.4, 0.5) is 0 Å². The molecule has 29 heavy (non-hydrogen) atoms. The van der Waals surface area contributed by atoms with E-state index < -0.39 is 16.0 Å². The highest BCUT2D eigenvalue weighted by molar-refractivity contribution is 7.89. The summed E-state index contributed by atoms with van der Waals surface area (Å²) in [4.78, 5) is 26.9. The van der Waals surface area contributed by atoms with Gasteiger partial charge in [0, 0.05) is 25.3 Å². The minimum atomic E-state index is -3.70. The van der Waals surface area contributed by atoms with E-state index in [-0.39, 0.29) is 42.2 Å². The molecule has 3 rings (SSSR count). The molecule has 0 radical (unpaired) electrons. The van der Waals surface area contributed by atoms with Crippen molar-refractivity contribution in [1.82, 2.24) is 14.6 Å². The highest BCUT2D eigenvalue weighted by atomic mass is 32.2. The Balaban J connectivity index is 1.50. The van der Waals surface area contributed by atoms with Gasteiger partial charge in [-0.15, -0.1) is 0 Å². The second kappa shape index (κ2) is 10.2. The standard InChI is InChI=1S/C19H29N3O6S/c23-18(21-15-6-4-2-1-3-5-7-15)14-28-19(24)17-12-16(13-20-17)29(25,26)22-8-10-27-11-9-22/h12-13,15,20H,1-11,14H2,(H,21,23). The van der Waals surface area contributed by atoms with Gasteiger partial charge in [0.2, 0.25) is 10.0 Å². The molecule has 0 aromatic carbocycles. The molecule has 2 fully saturated rings. The number of nitrogens with one attached hydrogen (secondary N) is 2. The number of aromatic amines is 1. The van der Waals surface area contributed by atoms with Crippen LogP contribution in [0.15, 0.2) is 17.2 Å². The van der Waals surface area contributed by atoms with Crippen LogP contribution in [-0.2, 0) is 24.3 Å². The number of esters is 1. The third-order valence-electron chi connectivity index (χ3n) is 5.29. The highest BCUT2D eigenvalue weighted by Crippen LogP contribution is 2.19. The predicted molar refractivity (Wildman–Crippen MR) is 105 cm³/mol. The van der Waals surface area contributed by atoms with Crippen molar-refractivity contribution < 1.29 is 27.5 Å². The Hall–Kier alpha value is -1.91. The lowest BCUT2D eigenvalue weighted by atomic mass is 9.97. The Morgan fingerprint density at radius 2 is 1.79 bits per heavy atom. The fourth-order valence-corrected chi connectivity index (χ4v) is 5.06. The summed E-state index contributed by atoms with van der Waals surface area (Å²) in [7, 11) is -3.70. The van der Waals surface area contributed by atoms with E-state index in [9.17, 15) is 18.0 Å².